The molecule has 3 N–H and O–H groups in total. The number of thioether (sulfide) groups is 1. The number of nitriles is 1. The normalized spacial score (nSPS) is 11.5. The average Bonchev–Trinajstić information content (AvgIpc) is 3.65. The van der Waals surface area contributed by atoms with E-state index in [0.717, 1.165) is 22.3 Å². The smallest absolute Gasteiger partial charge is 0.272 e. The summed E-state index contributed by atoms with van der Waals surface area (Å²) in [5.41, 5.74) is 5.06. The first-order valence-electron chi connectivity index (χ1n) is 17.6. The van der Waals surface area contributed by atoms with Crippen LogP contribution in [0.15, 0.2) is 137 Å². The van der Waals surface area contributed by atoms with E-state index in [9.17, 15) is 19.6 Å². The third-order valence-corrected chi connectivity index (χ3v) is 10.9. The van der Waals surface area contributed by atoms with Gasteiger partial charge in [-0.15, -0.1) is 23.1 Å². The van der Waals surface area contributed by atoms with Crippen LogP contribution in [-0.4, -0.2) is 39.1 Å². The molecular weight excluding hydrogens is 757 g/mol. The molecule has 0 aliphatic heterocycles. The van der Waals surface area contributed by atoms with Gasteiger partial charge in [0.1, 0.15) is 27.8 Å². The van der Waals surface area contributed by atoms with Crippen LogP contribution in [0.2, 0.25) is 0 Å². The van der Waals surface area contributed by atoms with Gasteiger partial charge in [-0.05, 0) is 60.5 Å². The molecule has 12 heteroatoms. The van der Waals surface area contributed by atoms with Crippen LogP contribution in [0.5, 0.6) is 17.2 Å². The van der Waals surface area contributed by atoms with Gasteiger partial charge >= 0.3 is 0 Å². The lowest BCUT2D eigenvalue weighted by Crippen LogP contribution is -2.30. The molecule has 6 rings (SSSR count). The highest BCUT2D eigenvalue weighted by Gasteiger charge is 2.25. The Balaban J connectivity index is 1.28. The molecule has 0 spiro atoms. The van der Waals surface area contributed by atoms with Gasteiger partial charge in [0.15, 0.2) is 11.5 Å². The highest BCUT2D eigenvalue weighted by Crippen LogP contribution is 2.40. The predicted octanol–water partition coefficient (Wildman–Crippen LogP) is 9.50. The lowest BCUT2D eigenvalue weighted by atomic mass is 10.0. The highest BCUT2D eigenvalue weighted by atomic mass is 32.2. The largest absolute Gasteiger partial charge is 0.496 e. The Morgan fingerprint density at radius 3 is 2.11 bits per heavy atom. The number of rotatable bonds is 14. The van der Waals surface area contributed by atoms with E-state index in [1.165, 1.54) is 50.5 Å². The summed E-state index contributed by atoms with van der Waals surface area (Å²) in [6.07, 6.45) is 1.50. The van der Waals surface area contributed by atoms with Gasteiger partial charge in [-0.1, -0.05) is 84.4 Å². The summed E-state index contributed by atoms with van der Waals surface area (Å²) in [5.74, 6) is -0.209. The number of hydrogen-bond donors (Lipinski definition) is 3. The van der Waals surface area contributed by atoms with Gasteiger partial charge in [-0.2, -0.15) is 5.26 Å². The molecule has 3 amide bonds. The summed E-state index contributed by atoms with van der Waals surface area (Å²) in [6, 6.07) is 38.4. The first kappa shape index (κ1) is 39.9. The minimum atomic E-state index is -0.716. The number of thiophene rings is 1. The van der Waals surface area contributed by atoms with Crippen LogP contribution in [0.4, 0.5) is 10.7 Å². The summed E-state index contributed by atoms with van der Waals surface area (Å²) < 4.78 is 16.5. The summed E-state index contributed by atoms with van der Waals surface area (Å²) in [4.78, 5) is 42.1. The minimum absolute atomic E-state index is 0.0665. The van der Waals surface area contributed by atoms with Gasteiger partial charge in [0.2, 0.25) is 5.91 Å². The Hall–Kier alpha value is -6.81. The van der Waals surface area contributed by atoms with Crippen molar-refractivity contribution in [3.05, 3.63) is 160 Å². The van der Waals surface area contributed by atoms with Crippen molar-refractivity contribution in [1.29, 1.82) is 5.26 Å². The molecule has 0 bridgehead atoms. The van der Waals surface area contributed by atoms with Crippen molar-refractivity contribution in [2.45, 2.75) is 17.1 Å². The molecule has 0 radical (unpaired) electrons. The fourth-order valence-electron chi connectivity index (χ4n) is 5.83. The maximum absolute atomic E-state index is 14.1. The van der Waals surface area contributed by atoms with E-state index >= 15 is 0 Å². The van der Waals surface area contributed by atoms with E-state index < -0.39 is 17.1 Å². The number of carbonyl (C=O) groups excluding carboxylic acids is 3. The second-order valence-corrected chi connectivity index (χ2v) is 14.6. The van der Waals surface area contributed by atoms with Crippen molar-refractivity contribution in [3.8, 4) is 34.4 Å². The quantitative estimate of drug-likeness (QED) is 0.0733. The van der Waals surface area contributed by atoms with Crippen LogP contribution in [0.1, 0.15) is 37.9 Å². The van der Waals surface area contributed by atoms with Gasteiger partial charge in [-0.3, -0.25) is 14.4 Å². The van der Waals surface area contributed by atoms with E-state index in [-0.39, 0.29) is 11.6 Å². The first-order valence-corrected chi connectivity index (χ1v) is 19.4. The molecule has 1 heterocycles. The van der Waals surface area contributed by atoms with Crippen LogP contribution in [0.25, 0.3) is 17.2 Å². The molecule has 0 aliphatic carbocycles. The number of ether oxygens (including phenoxy) is 3. The van der Waals surface area contributed by atoms with Crippen molar-refractivity contribution in [3.63, 3.8) is 0 Å². The van der Waals surface area contributed by atoms with Gasteiger partial charge in [-0.25, -0.2) is 0 Å². The number of aryl methyl sites for hydroxylation is 1. The van der Waals surface area contributed by atoms with E-state index in [1.54, 1.807) is 60.7 Å². The Bertz CT molecular complexity index is 2460. The van der Waals surface area contributed by atoms with E-state index in [2.05, 4.69) is 22.0 Å². The molecule has 1 unspecified atom stereocenters. The number of hydrogen-bond acceptors (Lipinski definition) is 9. The van der Waals surface area contributed by atoms with Gasteiger partial charge in [0, 0.05) is 38.7 Å². The number of methoxy groups -OCH3 is 3. The molecule has 1 atom stereocenters. The minimum Gasteiger partial charge on any atom is -0.496 e. The number of amides is 3. The molecule has 57 heavy (non-hydrogen) atoms. The number of nitrogens with one attached hydrogen (secondary N) is 3. The standard InChI is InChI=1S/C45H38N4O6S2/c1-28-18-20-29(21-19-28)36-27-56-45(35(36)26-46)49-44(52)41(30-12-7-5-8-13-30)57-34-17-11-16-33(24-34)47-43(51)37(48-42(50)31-14-9-6-10-15-31)22-32-23-39(54-3)40(55-4)25-38(32)53-2/h5-25,27,41H,1-4H3,(H,47,51)(H,48,50)(H,49,52)/b37-22+. The molecule has 0 saturated heterocycles. The summed E-state index contributed by atoms with van der Waals surface area (Å²) in [6.45, 7) is 2.00. The monoisotopic (exact) mass is 794 g/mol. The SMILES string of the molecule is COc1cc(OC)c(OC)cc1/C=C(/NC(=O)c1ccccc1)C(=O)Nc1cccc(SC(C(=O)Nc2scc(-c3ccc(C)cc3)c2C#N)c2ccccc2)c1. The second kappa shape index (κ2) is 18.7. The Morgan fingerprint density at radius 1 is 0.772 bits per heavy atom. The number of anilines is 2. The average molecular weight is 795 g/mol. The zero-order valence-corrected chi connectivity index (χ0v) is 33.1. The van der Waals surface area contributed by atoms with Crippen LogP contribution in [0.3, 0.4) is 0 Å². The van der Waals surface area contributed by atoms with Crippen molar-refractivity contribution in [2.24, 2.45) is 0 Å². The highest BCUT2D eigenvalue weighted by molar-refractivity contribution is 8.00. The Morgan fingerprint density at radius 2 is 1.44 bits per heavy atom. The maximum atomic E-state index is 14.1. The maximum Gasteiger partial charge on any atom is 0.272 e. The molecular formula is C45H38N4O6S2. The van der Waals surface area contributed by atoms with Crippen LogP contribution in [0, 0.1) is 18.3 Å². The third-order valence-electron chi connectivity index (χ3n) is 8.75. The van der Waals surface area contributed by atoms with Crippen LogP contribution in [-0.2, 0) is 9.59 Å². The molecule has 0 fully saturated rings. The Labute approximate surface area is 339 Å². The zero-order valence-electron chi connectivity index (χ0n) is 31.5. The zero-order chi connectivity index (χ0) is 40.3. The molecule has 0 saturated carbocycles. The predicted molar refractivity (Wildman–Crippen MR) is 226 cm³/mol. The van der Waals surface area contributed by atoms with Gasteiger partial charge < -0.3 is 30.2 Å². The molecule has 6 aromatic rings. The fraction of sp³-hybridized carbons (Fsp3) is 0.111. The van der Waals surface area contributed by atoms with Crippen molar-refractivity contribution in [1.82, 2.24) is 5.32 Å². The third kappa shape index (κ3) is 9.71. The lowest BCUT2D eigenvalue weighted by molar-refractivity contribution is -0.116. The number of benzene rings is 5. The number of carbonyl (C=O) groups is 3. The van der Waals surface area contributed by atoms with Crippen molar-refractivity contribution < 1.29 is 28.6 Å². The summed E-state index contributed by atoms with van der Waals surface area (Å²) in [5, 5.41) is 20.4. The molecule has 286 valence electrons. The van der Waals surface area contributed by atoms with Crippen molar-refractivity contribution >= 4 is 57.6 Å². The molecule has 0 aliphatic rings. The summed E-state index contributed by atoms with van der Waals surface area (Å²) in [7, 11) is 4.48. The molecule has 10 nitrogen and oxygen atoms in total. The van der Waals surface area contributed by atoms with Gasteiger partial charge in [0.25, 0.3) is 11.8 Å². The Kier molecular flexibility index (Phi) is 13.1. The number of nitrogens with zero attached hydrogens (tertiary/aromatic N) is 1. The van der Waals surface area contributed by atoms with E-state index in [1.807, 2.05) is 73.0 Å². The van der Waals surface area contributed by atoms with Crippen molar-refractivity contribution in [2.75, 3.05) is 32.0 Å². The summed E-state index contributed by atoms with van der Waals surface area (Å²) >= 11 is 2.59. The van der Waals surface area contributed by atoms with Crippen LogP contribution < -0.4 is 30.2 Å². The molecule has 5 aromatic carbocycles. The topological polar surface area (TPSA) is 139 Å². The first-order chi connectivity index (χ1) is 27.7. The fourth-order valence-corrected chi connectivity index (χ4v) is 7.84. The van der Waals surface area contributed by atoms with Gasteiger partial charge in [0.05, 0.1) is 26.9 Å². The second-order valence-electron chi connectivity index (χ2n) is 12.5. The van der Waals surface area contributed by atoms with E-state index in [0.29, 0.717) is 49.5 Å². The molecule has 1 aromatic heterocycles. The van der Waals surface area contributed by atoms with E-state index in [4.69, 9.17) is 14.2 Å². The van der Waals surface area contributed by atoms with Crippen LogP contribution >= 0.6 is 23.1 Å². The lowest BCUT2D eigenvalue weighted by Gasteiger charge is -2.18.